The summed E-state index contributed by atoms with van der Waals surface area (Å²) in [6.07, 6.45) is 6.36. The SMILES string of the molecule is Cc1ccc(S(=O)(=O)c2n[nH]n3c2nc(=O)c2ccc(N4CCN(CCC(=O)NC5CCCCC5)CC4)cc23)c(C)c1. The minimum Gasteiger partial charge on any atom is -0.369 e. The molecule has 1 amide bonds. The summed E-state index contributed by atoms with van der Waals surface area (Å²) >= 11 is 0. The zero-order valence-electron chi connectivity index (χ0n) is 24.1. The van der Waals surface area contributed by atoms with Crippen LogP contribution >= 0.6 is 0 Å². The van der Waals surface area contributed by atoms with Crippen molar-refractivity contribution < 1.29 is 13.2 Å². The molecule has 0 bridgehead atoms. The number of H-pyrrole nitrogens is 1. The summed E-state index contributed by atoms with van der Waals surface area (Å²) in [6.45, 7) is 7.56. The number of benzene rings is 2. The first kappa shape index (κ1) is 28.4. The minimum absolute atomic E-state index is 0.0269. The van der Waals surface area contributed by atoms with Gasteiger partial charge in [0.25, 0.3) is 5.56 Å². The molecule has 12 heteroatoms. The maximum Gasteiger partial charge on any atom is 0.281 e. The Morgan fingerprint density at radius 1 is 1.02 bits per heavy atom. The van der Waals surface area contributed by atoms with E-state index in [1.165, 1.54) is 23.8 Å². The third-order valence-corrected chi connectivity index (χ3v) is 10.4. The number of hydrogen-bond acceptors (Lipinski definition) is 8. The second kappa shape index (κ2) is 11.5. The van der Waals surface area contributed by atoms with E-state index in [0.29, 0.717) is 28.9 Å². The first-order valence-corrected chi connectivity index (χ1v) is 16.2. The monoisotopic (exact) mass is 591 g/mol. The Bertz CT molecular complexity index is 1800. The smallest absolute Gasteiger partial charge is 0.281 e. The van der Waals surface area contributed by atoms with Crippen molar-refractivity contribution in [2.45, 2.75) is 68.3 Å². The number of hydrogen-bond donors (Lipinski definition) is 2. The van der Waals surface area contributed by atoms with E-state index >= 15 is 0 Å². The number of carbonyl (C=O) groups is 1. The Hall–Kier alpha value is -3.77. The van der Waals surface area contributed by atoms with Crippen LogP contribution in [0.3, 0.4) is 0 Å². The lowest BCUT2D eigenvalue weighted by Crippen LogP contribution is -2.47. The molecule has 1 saturated carbocycles. The lowest BCUT2D eigenvalue weighted by molar-refractivity contribution is -0.122. The van der Waals surface area contributed by atoms with Crippen molar-refractivity contribution in [3.63, 3.8) is 0 Å². The summed E-state index contributed by atoms with van der Waals surface area (Å²) in [5, 5.41) is 10.2. The topological polar surface area (TPSA) is 133 Å². The molecular formula is C30H37N7O4S. The molecule has 3 heterocycles. The van der Waals surface area contributed by atoms with Gasteiger partial charge in [-0.25, -0.2) is 18.1 Å². The highest BCUT2D eigenvalue weighted by atomic mass is 32.2. The molecule has 0 radical (unpaired) electrons. The first-order chi connectivity index (χ1) is 20.2. The molecule has 222 valence electrons. The molecule has 2 aromatic heterocycles. The standard InChI is InChI=1S/C30H37N7O4S/c1-20-8-11-26(21(2)18-20)42(40,41)30-28-32-29(39)24-10-9-23(19-25(24)37(28)34-33-30)36-16-14-35(15-17-36)13-12-27(38)31-22-6-4-3-5-7-22/h8-11,18-19,22,34H,3-7,12-17H2,1-2H3,(H,31,38). The Morgan fingerprint density at radius 3 is 2.52 bits per heavy atom. The molecular weight excluding hydrogens is 554 g/mol. The normalized spacial score (nSPS) is 17.2. The van der Waals surface area contributed by atoms with Crippen molar-refractivity contribution >= 4 is 38.0 Å². The van der Waals surface area contributed by atoms with Crippen LogP contribution in [0.5, 0.6) is 0 Å². The largest absolute Gasteiger partial charge is 0.369 e. The quantitative estimate of drug-likeness (QED) is 0.335. The van der Waals surface area contributed by atoms with Gasteiger partial charge < -0.3 is 10.2 Å². The van der Waals surface area contributed by atoms with Crippen molar-refractivity contribution in [1.29, 1.82) is 0 Å². The second-order valence-electron chi connectivity index (χ2n) is 11.5. The molecule has 11 nitrogen and oxygen atoms in total. The molecule has 0 spiro atoms. The number of aromatic amines is 1. The van der Waals surface area contributed by atoms with Crippen LogP contribution < -0.4 is 15.8 Å². The molecule has 1 saturated heterocycles. The van der Waals surface area contributed by atoms with Crippen molar-refractivity contribution in [2.75, 3.05) is 37.6 Å². The molecule has 2 fully saturated rings. The van der Waals surface area contributed by atoms with E-state index in [1.54, 1.807) is 31.2 Å². The van der Waals surface area contributed by atoms with Gasteiger partial charge in [-0.05, 0) is 56.5 Å². The summed E-state index contributed by atoms with van der Waals surface area (Å²) in [6, 6.07) is 10.9. The van der Waals surface area contributed by atoms with Crippen LogP contribution in [0, 0.1) is 13.8 Å². The molecule has 2 aliphatic rings. The summed E-state index contributed by atoms with van der Waals surface area (Å²) in [4.78, 5) is 34.2. The number of nitrogens with one attached hydrogen (secondary N) is 2. The van der Waals surface area contributed by atoms with Crippen LogP contribution in [-0.2, 0) is 14.6 Å². The van der Waals surface area contributed by atoms with E-state index in [4.69, 9.17) is 0 Å². The summed E-state index contributed by atoms with van der Waals surface area (Å²) in [5.41, 5.74) is 2.45. The van der Waals surface area contributed by atoms with Crippen molar-refractivity contribution in [2.24, 2.45) is 0 Å². The molecule has 1 aliphatic heterocycles. The number of rotatable bonds is 7. The zero-order valence-corrected chi connectivity index (χ0v) is 24.9. The summed E-state index contributed by atoms with van der Waals surface area (Å²) < 4.78 is 28.6. The van der Waals surface area contributed by atoms with Crippen molar-refractivity contribution in [3.05, 3.63) is 57.9 Å². The molecule has 42 heavy (non-hydrogen) atoms. The summed E-state index contributed by atoms with van der Waals surface area (Å²) in [7, 11) is -4.02. The van der Waals surface area contributed by atoms with Gasteiger partial charge >= 0.3 is 0 Å². The van der Waals surface area contributed by atoms with Gasteiger partial charge in [0.05, 0.1) is 15.8 Å². The van der Waals surface area contributed by atoms with Crippen molar-refractivity contribution in [3.8, 4) is 0 Å². The average Bonchev–Trinajstić information content (AvgIpc) is 3.41. The van der Waals surface area contributed by atoms with Crippen LogP contribution in [0.25, 0.3) is 16.6 Å². The van der Waals surface area contributed by atoms with Gasteiger partial charge in [-0.15, -0.1) is 5.10 Å². The summed E-state index contributed by atoms with van der Waals surface area (Å²) in [5.74, 6) is 0.139. The number of anilines is 1. The second-order valence-corrected chi connectivity index (χ2v) is 13.4. The average molecular weight is 592 g/mol. The number of aryl methyl sites for hydroxylation is 2. The molecule has 6 rings (SSSR count). The number of sulfone groups is 1. The lowest BCUT2D eigenvalue weighted by atomic mass is 9.95. The Balaban J connectivity index is 1.19. The third-order valence-electron chi connectivity index (χ3n) is 8.55. The van der Waals surface area contributed by atoms with Gasteiger partial charge in [0.15, 0.2) is 5.65 Å². The van der Waals surface area contributed by atoms with Crippen LogP contribution in [-0.4, -0.2) is 77.8 Å². The van der Waals surface area contributed by atoms with Gasteiger partial charge in [-0.1, -0.05) is 37.0 Å². The Labute approximate surface area is 244 Å². The van der Waals surface area contributed by atoms with Gasteiger partial charge in [-0.3, -0.25) is 14.5 Å². The highest BCUT2D eigenvalue weighted by Crippen LogP contribution is 2.28. The maximum absolute atomic E-state index is 13.6. The van der Waals surface area contributed by atoms with E-state index < -0.39 is 15.4 Å². The molecule has 0 atom stereocenters. The van der Waals surface area contributed by atoms with Crippen LogP contribution in [0.2, 0.25) is 0 Å². The van der Waals surface area contributed by atoms with E-state index in [9.17, 15) is 18.0 Å². The highest BCUT2D eigenvalue weighted by Gasteiger charge is 2.28. The van der Waals surface area contributed by atoms with E-state index in [1.807, 2.05) is 19.1 Å². The third kappa shape index (κ3) is 5.52. The zero-order chi connectivity index (χ0) is 29.4. The molecule has 0 unspecified atom stereocenters. The predicted octanol–water partition coefficient (Wildman–Crippen LogP) is 2.98. The van der Waals surface area contributed by atoms with Gasteiger partial charge in [-0.2, -0.15) is 4.98 Å². The van der Waals surface area contributed by atoms with Crippen LogP contribution in [0.15, 0.2) is 51.1 Å². The number of amides is 1. The molecule has 2 N–H and O–H groups in total. The Morgan fingerprint density at radius 2 is 1.79 bits per heavy atom. The minimum atomic E-state index is -4.02. The number of carbonyl (C=O) groups excluding carboxylic acids is 1. The fourth-order valence-electron chi connectivity index (χ4n) is 6.21. The maximum atomic E-state index is 13.6. The van der Waals surface area contributed by atoms with Crippen LogP contribution in [0.4, 0.5) is 5.69 Å². The highest BCUT2D eigenvalue weighted by molar-refractivity contribution is 7.91. The van der Waals surface area contributed by atoms with E-state index in [-0.39, 0.29) is 21.5 Å². The predicted molar refractivity (Wildman–Crippen MR) is 161 cm³/mol. The number of piperazine rings is 1. The Kier molecular flexibility index (Phi) is 7.75. The van der Waals surface area contributed by atoms with E-state index in [2.05, 4.69) is 30.4 Å². The fraction of sp³-hybridized carbons (Fsp3) is 0.467. The first-order valence-electron chi connectivity index (χ1n) is 14.7. The number of fused-ring (bicyclic) bond motifs is 3. The van der Waals surface area contributed by atoms with Gasteiger partial charge in [0, 0.05) is 50.9 Å². The van der Waals surface area contributed by atoms with Gasteiger partial charge in [0.2, 0.25) is 20.8 Å². The van der Waals surface area contributed by atoms with Gasteiger partial charge in [0.1, 0.15) is 0 Å². The van der Waals surface area contributed by atoms with Crippen molar-refractivity contribution in [1.82, 2.24) is 30.0 Å². The molecule has 2 aromatic carbocycles. The fourth-order valence-corrected chi connectivity index (χ4v) is 7.69. The molecule has 1 aliphatic carbocycles. The molecule has 4 aromatic rings. The lowest BCUT2D eigenvalue weighted by Gasteiger charge is -2.36. The number of aromatic nitrogens is 4. The number of nitrogens with zero attached hydrogens (tertiary/aromatic N) is 5. The van der Waals surface area contributed by atoms with E-state index in [0.717, 1.165) is 56.8 Å². The van der Waals surface area contributed by atoms with Crippen LogP contribution in [0.1, 0.15) is 49.7 Å².